The molecule has 2 rings (SSSR count). The van der Waals surface area contributed by atoms with Gasteiger partial charge in [0.05, 0.1) is 12.8 Å². The van der Waals surface area contributed by atoms with Crippen molar-refractivity contribution in [3.8, 4) is 0 Å². The summed E-state index contributed by atoms with van der Waals surface area (Å²) in [6, 6.07) is 0. The molecule has 0 aromatic heterocycles. The highest BCUT2D eigenvalue weighted by Gasteiger charge is 2.27. The van der Waals surface area contributed by atoms with Gasteiger partial charge < -0.3 is 9.80 Å². The zero-order chi connectivity index (χ0) is 16.3. The molecule has 0 unspecified atom stereocenters. The van der Waals surface area contributed by atoms with Crippen LogP contribution in [0.5, 0.6) is 0 Å². The molecule has 0 atom stereocenters. The smallest absolute Gasteiger partial charge is 0.236 e. The highest BCUT2D eigenvalue weighted by Crippen LogP contribution is 2.08. The Bertz CT molecular complexity index is 520. The van der Waals surface area contributed by atoms with E-state index in [-0.39, 0.29) is 11.8 Å². The van der Waals surface area contributed by atoms with E-state index in [1.54, 1.807) is 16.7 Å². The first kappa shape index (κ1) is 17.2. The second-order valence-electron chi connectivity index (χ2n) is 5.83. The molecule has 2 aliphatic heterocycles. The quantitative estimate of drug-likeness (QED) is 0.612. The SMILES string of the molecule is CC(=O)N1CCN(C(=O)CN2CCN(S(C)(=O)=O)CC2)CC1. The van der Waals surface area contributed by atoms with E-state index in [0.717, 1.165) is 0 Å². The third-order valence-electron chi connectivity index (χ3n) is 4.24. The first-order valence-corrected chi connectivity index (χ1v) is 9.33. The summed E-state index contributed by atoms with van der Waals surface area (Å²) in [5.74, 6) is 0.0972. The molecule has 2 amide bonds. The molecule has 2 saturated heterocycles. The van der Waals surface area contributed by atoms with Crippen LogP contribution in [0.4, 0.5) is 0 Å². The van der Waals surface area contributed by atoms with Gasteiger partial charge in [0.1, 0.15) is 0 Å². The van der Waals surface area contributed by atoms with Gasteiger partial charge in [0, 0.05) is 59.3 Å². The molecule has 2 fully saturated rings. The van der Waals surface area contributed by atoms with Crippen molar-refractivity contribution in [3.05, 3.63) is 0 Å². The second-order valence-corrected chi connectivity index (χ2v) is 7.81. The normalized spacial score (nSPS) is 21.9. The molecule has 0 aromatic rings. The minimum absolute atomic E-state index is 0.0454. The summed E-state index contributed by atoms with van der Waals surface area (Å²) in [7, 11) is -3.14. The van der Waals surface area contributed by atoms with E-state index >= 15 is 0 Å². The number of carbonyl (C=O) groups is 2. The molecule has 126 valence electrons. The van der Waals surface area contributed by atoms with Crippen LogP contribution in [0.2, 0.25) is 0 Å². The molecule has 8 nitrogen and oxygen atoms in total. The number of nitrogens with zero attached hydrogens (tertiary/aromatic N) is 4. The van der Waals surface area contributed by atoms with Crippen LogP contribution in [0.1, 0.15) is 6.92 Å². The van der Waals surface area contributed by atoms with Gasteiger partial charge in [-0.05, 0) is 0 Å². The lowest BCUT2D eigenvalue weighted by atomic mass is 10.3. The standard InChI is InChI=1S/C13H24N4O4S/c1-12(18)15-5-7-16(8-6-15)13(19)11-14-3-9-17(10-4-14)22(2,20)21/h3-11H2,1-2H3. The summed E-state index contributed by atoms with van der Waals surface area (Å²) in [5, 5.41) is 0. The Balaban J connectivity index is 1.76. The van der Waals surface area contributed by atoms with Crippen LogP contribution in [-0.2, 0) is 19.6 Å². The van der Waals surface area contributed by atoms with Crippen LogP contribution in [0.3, 0.4) is 0 Å². The van der Waals surface area contributed by atoms with Gasteiger partial charge in [0.2, 0.25) is 21.8 Å². The number of rotatable bonds is 3. The van der Waals surface area contributed by atoms with Crippen LogP contribution in [0, 0.1) is 0 Å². The molecular weight excluding hydrogens is 308 g/mol. The fourth-order valence-electron chi connectivity index (χ4n) is 2.78. The highest BCUT2D eigenvalue weighted by molar-refractivity contribution is 7.88. The molecule has 2 heterocycles. The lowest BCUT2D eigenvalue weighted by Gasteiger charge is -2.37. The van der Waals surface area contributed by atoms with E-state index in [1.165, 1.54) is 10.6 Å². The zero-order valence-electron chi connectivity index (χ0n) is 13.2. The van der Waals surface area contributed by atoms with E-state index in [0.29, 0.717) is 58.9 Å². The monoisotopic (exact) mass is 332 g/mol. The molecule has 0 aliphatic carbocycles. The Morgan fingerprint density at radius 2 is 1.36 bits per heavy atom. The fraction of sp³-hybridized carbons (Fsp3) is 0.846. The maximum Gasteiger partial charge on any atom is 0.236 e. The summed E-state index contributed by atoms with van der Waals surface area (Å²) < 4.78 is 24.3. The summed E-state index contributed by atoms with van der Waals surface area (Å²) in [6.07, 6.45) is 1.21. The molecule has 0 aromatic carbocycles. The van der Waals surface area contributed by atoms with E-state index in [4.69, 9.17) is 0 Å². The molecule has 0 spiro atoms. The van der Waals surface area contributed by atoms with Crippen LogP contribution in [0.25, 0.3) is 0 Å². The summed E-state index contributed by atoms with van der Waals surface area (Å²) in [6.45, 7) is 6.19. The zero-order valence-corrected chi connectivity index (χ0v) is 14.0. The Hall–Kier alpha value is -1.19. The van der Waals surface area contributed by atoms with Crippen LogP contribution in [-0.4, -0.2) is 104 Å². The van der Waals surface area contributed by atoms with Crippen molar-refractivity contribution in [1.82, 2.24) is 19.0 Å². The Morgan fingerprint density at radius 3 is 1.82 bits per heavy atom. The van der Waals surface area contributed by atoms with Gasteiger partial charge in [-0.15, -0.1) is 0 Å². The predicted octanol–water partition coefficient (Wildman–Crippen LogP) is -1.75. The molecule has 2 aliphatic rings. The lowest BCUT2D eigenvalue weighted by Crippen LogP contribution is -2.54. The Kier molecular flexibility index (Phi) is 5.41. The minimum atomic E-state index is -3.14. The van der Waals surface area contributed by atoms with E-state index in [1.807, 2.05) is 4.90 Å². The first-order valence-electron chi connectivity index (χ1n) is 7.48. The number of sulfonamides is 1. The van der Waals surface area contributed by atoms with E-state index in [9.17, 15) is 18.0 Å². The molecule has 9 heteroatoms. The maximum absolute atomic E-state index is 12.3. The summed E-state index contributed by atoms with van der Waals surface area (Å²) in [5.41, 5.74) is 0. The maximum atomic E-state index is 12.3. The highest BCUT2D eigenvalue weighted by atomic mass is 32.2. The van der Waals surface area contributed by atoms with Crippen molar-refractivity contribution in [1.29, 1.82) is 0 Å². The molecule has 0 bridgehead atoms. The first-order chi connectivity index (χ1) is 10.3. The fourth-order valence-corrected chi connectivity index (χ4v) is 3.61. The topological polar surface area (TPSA) is 81.2 Å². The van der Waals surface area contributed by atoms with Gasteiger partial charge in [0.15, 0.2) is 0 Å². The second kappa shape index (κ2) is 6.93. The van der Waals surface area contributed by atoms with Crippen LogP contribution < -0.4 is 0 Å². The number of hydrogen-bond acceptors (Lipinski definition) is 5. The van der Waals surface area contributed by atoms with Gasteiger partial charge in [-0.25, -0.2) is 8.42 Å². The van der Waals surface area contributed by atoms with Gasteiger partial charge in [0.25, 0.3) is 0 Å². The van der Waals surface area contributed by atoms with Crippen LogP contribution in [0.15, 0.2) is 0 Å². The lowest BCUT2D eigenvalue weighted by molar-refractivity contribution is -0.139. The number of carbonyl (C=O) groups excluding carboxylic acids is 2. The Labute approximate surface area is 131 Å². The van der Waals surface area contributed by atoms with Gasteiger partial charge >= 0.3 is 0 Å². The molecular formula is C13H24N4O4S. The average Bonchev–Trinajstić information content (AvgIpc) is 2.47. The van der Waals surface area contributed by atoms with Crippen molar-refractivity contribution < 1.29 is 18.0 Å². The Morgan fingerprint density at radius 1 is 0.864 bits per heavy atom. The average molecular weight is 332 g/mol. The van der Waals surface area contributed by atoms with E-state index < -0.39 is 10.0 Å². The number of piperazine rings is 2. The van der Waals surface area contributed by atoms with Crippen molar-refractivity contribution >= 4 is 21.8 Å². The largest absolute Gasteiger partial charge is 0.339 e. The summed E-state index contributed by atoms with van der Waals surface area (Å²) >= 11 is 0. The van der Waals surface area contributed by atoms with Crippen LogP contribution >= 0.6 is 0 Å². The van der Waals surface area contributed by atoms with Crippen molar-refractivity contribution in [2.45, 2.75) is 6.92 Å². The van der Waals surface area contributed by atoms with Crippen molar-refractivity contribution in [3.63, 3.8) is 0 Å². The third-order valence-corrected chi connectivity index (χ3v) is 5.54. The predicted molar refractivity (Wildman–Crippen MR) is 81.7 cm³/mol. The number of amides is 2. The molecule has 22 heavy (non-hydrogen) atoms. The van der Waals surface area contributed by atoms with Gasteiger partial charge in [-0.1, -0.05) is 0 Å². The third kappa shape index (κ3) is 4.40. The summed E-state index contributed by atoms with van der Waals surface area (Å²) in [4.78, 5) is 29.0. The number of hydrogen-bond donors (Lipinski definition) is 0. The molecule has 0 saturated carbocycles. The van der Waals surface area contributed by atoms with Crippen molar-refractivity contribution in [2.24, 2.45) is 0 Å². The minimum Gasteiger partial charge on any atom is -0.339 e. The van der Waals surface area contributed by atoms with Gasteiger partial charge in [-0.2, -0.15) is 4.31 Å². The van der Waals surface area contributed by atoms with Gasteiger partial charge in [-0.3, -0.25) is 14.5 Å². The van der Waals surface area contributed by atoms with Crippen molar-refractivity contribution in [2.75, 3.05) is 65.2 Å². The van der Waals surface area contributed by atoms with E-state index in [2.05, 4.69) is 0 Å². The molecule has 0 N–H and O–H groups in total. The molecule has 0 radical (unpaired) electrons.